The van der Waals surface area contributed by atoms with Gasteiger partial charge in [-0.3, -0.25) is 9.78 Å². The number of Topliss-reactive ketones (excluding diaryl/α,β-unsaturated/α-hetero) is 1. The Morgan fingerprint density at radius 1 is 1.04 bits per heavy atom. The van der Waals surface area contributed by atoms with E-state index >= 15 is 0 Å². The van der Waals surface area contributed by atoms with Gasteiger partial charge in [0.25, 0.3) is 0 Å². The molecule has 0 aliphatic heterocycles. The third kappa shape index (κ3) is 3.04. The van der Waals surface area contributed by atoms with E-state index in [1.165, 1.54) is 0 Å². The highest BCUT2D eigenvalue weighted by Gasteiger charge is 2.09. The summed E-state index contributed by atoms with van der Waals surface area (Å²) in [5.74, 6) is 0.148. The van der Waals surface area contributed by atoms with Crippen molar-refractivity contribution in [2.75, 3.05) is 0 Å². The van der Waals surface area contributed by atoms with Gasteiger partial charge in [0, 0.05) is 29.9 Å². The molecule has 0 atom stereocenters. The summed E-state index contributed by atoms with van der Waals surface area (Å²) >= 11 is 0. The van der Waals surface area contributed by atoms with Gasteiger partial charge in [-0.15, -0.1) is 0 Å². The lowest BCUT2D eigenvalue weighted by atomic mass is 10.0. The molecule has 0 radical (unpaired) electrons. The predicted molar refractivity (Wildman–Crippen MR) is 96.0 cm³/mol. The van der Waals surface area contributed by atoms with Crippen LogP contribution in [0.5, 0.6) is 0 Å². The van der Waals surface area contributed by atoms with Gasteiger partial charge in [0.15, 0.2) is 5.65 Å². The molecule has 122 valence electrons. The van der Waals surface area contributed by atoms with Gasteiger partial charge in [0.1, 0.15) is 5.78 Å². The highest BCUT2D eigenvalue weighted by Crippen LogP contribution is 2.23. The van der Waals surface area contributed by atoms with E-state index in [2.05, 4.69) is 9.97 Å². The number of hydrogen-bond acceptors (Lipinski definition) is 4. The maximum atomic E-state index is 11.4. The molecule has 0 saturated carbocycles. The van der Waals surface area contributed by atoms with E-state index in [0.29, 0.717) is 6.42 Å². The predicted octanol–water partition coefficient (Wildman–Crippen LogP) is 3.59. The van der Waals surface area contributed by atoms with Crippen molar-refractivity contribution < 1.29 is 4.79 Å². The normalized spacial score (nSPS) is 10.9. The zero-order chi connectivity index (χ0) is 17.2. The van der Waals surface area contributed by atoms with Crippen LogP contribution in [-0.4, -0.2) is 25.4 Å². The maximum Gasteiger partial charge on any atom is 0.154 e. The fourth-order valence-corrected chi connectivity index (χ4v) is 2.87. The minimum Gasteiger partial charge on any atom is -0.300 e. The number of ketones is 1. The average molecular weight is 328 g/mol. The zero-order valence-electron chi connectivity index (χ0n) is 13.8. The lowest BCUT2D eigenvalue weighted by molar-refractivity contribution is -0.116. The van der Waals surface area contributed by atoms with Crippen LogP contribution in [0.25, 0.3) is 28.2 Å². The standard InChI is InChI=1S/C20H16N4O/c1-14(25)11-15-3-2-4-17(12-15)18-5-6-20-22-13-19(24(20)23-18)16-7-9-21-10-8-16/h2-10,12-13H,11H2,1H3. The smallest absolute Gasteiger partial charge is 0.154 e. The molecule has 3 heterocycles. The van der Waals surface area contributed by atoms with Crippen LogP contribution in [0.1, 0.15) is 12.5 Å². The highest BCUT2D eigenvalue weighted by molar-refractivity contribution is 5.78. The van der Waals surface area contributed by atoms with Crippen LogP contribution >= 0.6 is 0 Å². The summed E-state index contributed by atoms with van der Waals surface area (Å²) in [4.78, 5) is 19.8. The fraction of sp³-hybridized carbons (Fsp3) is 0.100. The second-order valence-electron chi connectivity index (χ2n) is 5.95. The lowest BCUT2D eigenvalue weighted by Gasteiger charge is -2.06. The Kier molecular flexibility index (Phi) is 3.82. The number of nitrogens with zero attached hydrogens (tertiary/aromatic N) is 4. The minimum absolute atomic E-state index is 0.148. The molecule has 0 spiro atoms. The molecule has 5 nitrogen and oxygen atoms in total. The maximum absolute atomic E-state index is 11.4. The van der Waals surface area contributed by atoms with Gasteiger partial charge in [-0.25, -0.2) is 9.50 Å². The Balaban J connectivity index is 1.80. The van der Waals surface area contributed by atoms with Crippen molar-refractivity contribution in [2.24, 2.45) is 0 Å². The Morgan fingerprint density at radius 2 is 1.88 bits per heavy atom. The zero-order valence-corrected chi connectivity index (χ0v) is 13.8. The second kappa shape index (κ2) is 6.28. The van der Waals surface area contributed by atoms with Crippen LogP contribution in [0.3, 0.4) is 0 Å². The van der Waals surface area contributed by atoms with Crippen molar-refractivity contribution in [3.63, 3.8) is 0 Å². The van der Waals surface area contributed by atoms with Crippen LogP contribution in [0.15, 0.2) is 67.1 Å². The van der Waals surface area contributed by atoms with Crippen LogP contribution in [-0.2, 0) is 11.2 Å². The largest absolute Gasteiger partial charge is 0.300 e. The van der Waals surface area contributed by atoms with Crippen molar-refractivity contribution in [3.05, 3.63) is 72.7 Å². The number of rotatable bonds is 4. The molecule has 4 aromatic rings. The Bertz CT molecular complexity index is 1050. The van der Waals surface area contributed by atoms with Crippen LogP contribution in [0, 0.1) is 0 Å². The highest BCUT2D eigenvalue weighted by atomic mass is 16.1. The molecule has 0 bridgehead atoms. The van der Waals surface area contributed by atoms with Gasteiger partial charge < -0.3 is 0 Å². The van der Waals surface area contributed by atoms with Crippen molar-refractivity contribution in [2.45, 2.75) is 13.3 Å². The summed E-state index contributed by atoms with van der Waals surface area (Å²) in [7, 11) is 0. The van der Waals surface area contributed by atoms with Crippen LogP contribution < -0.4 is 0 Å². The summed E-state index contributed by atoms with van der Waals surface area (Å²) < 4.78 is 1.84. The number of benzene rings is 1. The Hall–Kier alpha value is -3.34. The third-order valence-electron chi connectivity index (χ3n) is 4.01. The molecule has 0 saturated heterocycles. The van der Waals surface area contributed by atoms with Crippen LogP contribution in [0.4, 0.5) is 0 Å². The van der Waals surface area contributed by atoms with Crippen molar-refractivity contribution in [1.82, 2.24) is 19.6 Å². The molecular formula is C20H16N4O. The minimum atomic E-state index is 0.148. The molecule has 0 aliphatic rings. The lowest BCUT2D eigenvalue weighted by Crippen LogP contribution is -1.99. The average Bonchev–Trinajstić information content (AvgIpc) is 3.05. The quantitative estimate of drug-likeness (QED) is 0.574. The number of imidazole rings is 1. The van der Waals surface area contributed by atoms with Gasteiger partial charge in [-0.2, -0.15) is 5.10 Å². The summed E-state index contributed by atoms with van der Waals surface area (Å²) in [5.41, 5.74) is 5.53. The SMILES string of the molecule is CC(=O)Cc1cccc(-c2ccc3ncc(-c4ccncc4)n3n2)c1. The third-order valence-corrected chi connectivity index (χ3v) is 4.01. The molecule has 0 N–H and O–H groups in total. The summed E-state index contributed by atoms with van der Waals surface area (Å²) in [5, 5.41) is 4.75. The molecule has 0 amide bonds. The van der Waals surface area contributed by atoms with Crippen LogP contribution in [0.2, 0.25) is 0 Å². The number of carbonyl (C=O) groups excluding carboxylic acids is 1. The molecule has 5 heteroatoms. The Morgan fingerprint density at radius 3 is 2.68 bits per heavy atom. The molecule has 0 fully saturated rings. The molecule has 25 heavy (non-hydrogen) atoms. The molecule has 4 rings (SSSR count). The molecule has 1 aromatic carbocycles. The molecule has 0 unspecified atom stereocenters. The first kappa shape index (κ1) is 15.2. The molecule has 0 aliphatic carbocycles. The second-order valence-corrected chi connectivity index (χ2v) is 5.95. The first-order chi connectivity index (χ1) is 12.2. The number of carbonyl (C=O) groups is 1. The van der Waals surface area contributed by atoms with Gasteiger partial charge >= 0.3 is 0 Å². The van der Waals surface area contributed by atoms with E-state index in [1.807, 2.05) is 59.2 Å². The Labute approximate surface area is 145 Å². The summed E-state index contributed by atoms with van der Waals surface area (Å²) in [6.07, 6.45) is 5.75. The molecular weight excluding hydrogens is 312 g/mol. The monoisotopic (exact) mass is 328 g/mol. The van der Waals surface area contributed by atoms with E-state index in [-0.39, 0.29) is 5.78 Å². The topological polar surface area (TPSA) is 60.2 Å². The van der Waals surface area contributed by atoms with E-state index < -0.39 is 0 Å². The van der Waals surface area contributed by atoms with E-state index in [9.17, 15) is 4.79 Å². The summed E-state index contributed by atoms with van der Waals surface area (Å²) in [6.45, 7) is 1.60. The number of fused-ring (bicyclic) bond motifs is 1. The number of hydrogen-bond donors (Lipinski definition) is 0. The number of pyridine rings is 1. The van der Waals surface area contributed by atoms with E-state index in [0.717, 1.165) is 33.7 Å². The van der Waals surface area contributed by atoms with Gasteiger partial charge in [-0.1, -0.05) is 18.2 Å². The van der Waals surface area contributed by atoms with Crippen molar-refractivity contribution >= 4 is 11.4 Å². The first-order valence-corrected chi connectivity index (χ1v) is 8.04. The van der Waals surface area contributed by atoms with Gasteiger partial charge in [0.2, 0.25) is 0 Å². The fourth-order valence-electron chi connectivity index (χ4n) is 2.87. The first-order valence-electron chi connectivity index (χ1n) is 8.04. The van der Waals surface area contributed by atoms with E-state index in [4.69, 9.17) is 5.10 Å². The van der Waals surface area contributed by atoms with Gasteiger partial charge in [0.05, 0.1) is 17.6 Å². The van der Waals surface area contributed by atoms with E-state index in [1.54, 1.807) is 19.3 Å². The van der Waals surface area contributed by atoms with Gasteiger partial charge in [-0.05, 0) is 42.8 Å². The molecule has 3 aromatic heterocycles. The van der Waals surface area contributed by atoms with Crippen molar-refractivity contribution in [3.8, 4) is 22.5 Å². The number of aromatic nitrogens is 4. The summed E-state index contributed by atoms with van der Waals surface area (Å²) in [6, 6.07) is 15.7. The van der Waals surface area contributed by atoms with Crippen molar-refractivity contribution in [1.29, 1.82) is 0 Å².